The second-order valence-electron chi connectivity index (χ2n) is 4.35. The Hall–Kier alpha value is -1.10. The van der Waals surface area contributed by atoms with E-state index in [9.17, 15) is 0 Å². The van der Waals surface area contributed by atoms with E-state index >= 15 is 0 Å². The monoisotopic (exact) mass is 211 g/mol. The molecule has 0 aromatic carbocycles. The van der Waals surface area contributed by atoms with E-state index in [1.807, 2.05) is 26.0 Å². The van der Waals surface area contributed by atoms with Crippen LogP contribution in [0.25, 0.3) is 0 Å². The number of hydrogen-bond acceptors (Lipinski definition) is 4. The summed E-state index contributed by atoms with van der Waals surface area (Å²) in [5, 5.41) is 11.5. The van der Waals surface area contributed by atoms with Crippen LogP contribution in [0.5, 0.6) is 0 Å². The summed E-state index contributed by atoms with van der Waals surface area (Å²) >= 11 is 0. The molecule has 0 spiro atoms. The van der Waals surface area contributed by atoms with Crippen LogP contribution in [0, 0.1) is 5.92 Å². The fourth-order valence-corrected chi connectivity index (χ4v) is 1.50. The minimum Gasteiger partial charge on any atom is -0.347 e. The van der Waals surface area contributed by atoms with Crippen LogP contribution in [0.2, 0.25) is 0 Å². The van der Waals surface area contributed by atoms with Crippen LogP contribution < -0.4 is 10.2 Å². The highest BCUT2D eigenvalue weighted by molar-refractivity contribution is 5.28. The molecule has 0 bridgehead atoms. The van der Waals surface area contributed by atoms with Gasteiger partial charge in [-0.05, 0) is 13.0 Å². The van der Waals surface area contributed by atoms with Crippen LogP contribution in [0.1, 0.15) is 19.7 Å². The van der Waals surface area contributed by atoms with Gasteiger partial charge >= 0.3 is 0 Å². The van der Waals surface area contributed by atoms with Gasteiger partial charge in [-0.15, -0.1) is 10.2 Å². The predicted molar refractivity (Wildman–Crippen MR) is 62.0 cm³/mol. The summed E-state index contributed by atoms with van der Waals surface area (Å²) in [5.74, 6) is 2.51. The maximum Gasteiger partial charge on any atom is 0.226 e. The van der Waals surface area contributed by atoms with Crippen molar-refractivity contribution in [1.29, 1.82) is 0 Å². The standard InChI is InChI=1S/C10H21N5/c1-8(2)7-15-9(6-11-3)12-13-10(15)14(4)5/h8,11H,6-7H2,1-5H3. The SMILES string of the molecule is CNCc1nnc(N(C)C)n1CC(C)C. The number of nitrogens with zero attached hydrogens (tertiary/aromatic N) is 4. The smallest absolute Gasteiger partial charge is 0.226 e. The third kappa shape index (κ3) is 2.92. The van der Waals surface area contributed by atoms with E-state index in [0.717, 1.165) is 24.9 Å². The lowest BCUT2D eigenvalue weighted by Crippen LogP contribution is -2.20. The van der Waals surface area contributed by atoms with Gasteiger partial charge in [0.25, 0.3) is 0 Å². The zero-order valence-electron chi connectivity index (χ0n) is 10.3. The molecule has 0 aliphatic carbocycles. The Morgan fingerprint density at radius 2 is 2.00 bits per heavy atom. The molecule has 0 atom stereocenters. The van der Waals surface area contributed by atoms with Crippen molar-refractivity contribution in [3.63, 3.8) is 0 Å². The molecular weight excluding hydrogens is 190 g/mol. The number of anilines is 1. The molecule has 15 heavy (non-hydrogen) atoms. The Morgan fingerprint density at radius 3 is 2.47 bits per heavy atom. The van der Waals surface area contributed by atoms with E-state index in [1.54, 1.807) is 0 Å². The lowest BCUT2D eigenvalue weighted by Gasteiger charge is -2.16. The molecule has 1 aromatic heterocycles. The van der Waals surface area contributed by atoms with Gasteiger partial charge in [0.05, 0.1) is 6.54 Å². The van der Waals surface area contributed by atoms with Crippen LogP contribution in [0.4, 0.5) is 5.95 Å². The summed E-state index contributed by atoms with van der Waals surface area (Å²) < 4.78 is 2.17. The van der Waals surface area contributed by atoms with Crippen LogP contribution in [0.3, 0.4) is 0 Å². The first-order chi connectivity index (χ1) is 7.06. The molecule has 0 saturated carbocycles. The largest absolute Gasteiger partial charge is 0.347 e. The average Bonchev–Trinajstić information content (AvgIpc) is 2.48. The third-order valence-electron chi connectivity index (χ3n) is 2.09. The van der Waals surface area contributed by atoms with E-state index in [2.05, 4.69) is 33.9 Å². The second kappa shape index (κ2) is 5.11. The predicted octanol–water partition coefficient (Wildman–Crippen LogP) is 0.719. The molecule has 0 fully saturated rings. The normalized spacial score (nSPS) is 11.1. The van der Waals surface area contributed by atoms with Gasteiger partial charge in [-0.25, -0.2) is 0 Å². The van der Waals surface area contributed by atoms with E-state index in [-0.39, 0.29) is 0 Å². The van der Waals surface area contributed by atoms with Gasteiger partial charge in [-0.3, -0.25) is 4.57 Å². The van der Waals surface area contributed by atoms with Crippen LogP contribution in [-0.4, -0.2) is 35.9 Å². The molecule has 1 heterocycles. The fourth-order valence-electron chi connectivity index (χ4n) is 1.50. The maximum absolute atomic E-state index is 4.19. The molecule has 0 saturated heterocycles. The molecule has 5 nitrogen and oxygen atoms in total. The van der Waals surface area contributed by atoms with E-state index in [0.29, 0.717) is 5.92 Å². The number of hydrogen-bond donors (Lipinski definition) is 1. The molecule has 1 rings (SSSR count). The highest BCUT2D eigenvalue weighted by Crippen LogP contribution is 2.13. The third-order valence-corrected chi connectivity index (χ3v) is 2.09. The molecule has 1 N–H and O–H groups in total. The first-order valence-electron chi connectivity index (χ1n) is 5.30. The fraction of sp³-hybridized carbons (Fsp3) is 0.800. The molecular formula is C10H21N5. The van der Waals surface area contributed by atoms with Gasteiger partial charge in [0.2, 0.25) is 5.95 Å². The van der Waals surface area contributed by atoms with Gasteiger partial charge in [0, 0.05) is 20.6 Å². The molecule has 0 amide bonds. The Kier molecular flexibility index (Phi) is 4.08. The highest BCUT2D eigenvalue weighted by Gasteiger charge is 2.13. The van der Waals surface area contributed by atoms with Gasteiger partial charge in [-0.2, -0.15) is 0 Å². The van der Waals surface area contributed by atoms with Gasteiger partial charge in [-0.1, -0.05) is 13.8 Å². The number of aromatic nitrogens is 3. The van der Waals surface area contributed by atoms with Crippen LogP contribution in [-0.2, 0) is 13.1 Å². The average molecular weight is 211 g/mol. The zero-order chi connectivity index (χ0) is 11.4. The molecule has 0 aliphatic heterocycles. The number of rotatable bonds is 5. The van der Waals surface area contributed by atoms with Crippen molar-refractivity contribution in [2.75, 3.05) is 26.0 Å². The maximum atomic E-state index is 4.19. The van der Waals surface area contributed by atoms with Gasteiger partial charge in [0.15, 0.2) is 0 Å². The Labute approximate surface area is 91.5 Å². The molecule has 1 aromatic rings. The topological polar surface area (TPSA) is 46.0 Å². The minimum atomic E-state index is 0.593. The molecule has 0 radical (unpaired) electrons. The minimum absolute atomic E-state index is 0.593. The van der Waals surface area contributed by atoms with Crippen molar-refractivity contribution in [2.45, 2.75) is 26.9 Å². The summed E-state index contributed by atoms with van der Waals surface area (Å²) in [6, 6.07) is 0. The van der Waals surface area contributed by atoms with Gasteiger partial charge in [0.1, 0.15) is 5.82 Å². The Balaban J connectivity index is 2.97. The summed E-state index contributed by atoms with van der Waals surface area (Å²) in [6.45, 7) is 6.11. The first-order valence-corrected chi connectivity index (χ1v) is 5.30. The lowest BCUT2D eigenvalue weighted by atomic mass is 10.2. The Bertz CT molecular complexity index is 303. The summed E-state index contributed by atoms with van der Waals surface area (Å²) in [5.41, 5.74) is 0. The first kappa shape index (κ1) is 12.0. The summed E-state index contributed by atoms with van der Waals surface area (Å²) in [6.07, 6.45) is 0. The van der Waals surface area contributed by atoms with E-state index in [4.69, 9.17) is 0 Å². The molecule has 86 valence electrons. The summed E-state index contributed by atoms with van der Waals surface area (Å²) in [4.78, 5) is 1.99. The quantitative estimate of drug-likeness (QED) is 0.779. The lowest BCUT2D eigenvalue weighted by molar-refractivity contribution is 0.501. The molecule has 0 aliphatic rings. The zero-order valence-corrected chi connectivity index (χ0v) is 10.3. The second-order valence-corrected chi connectivity index (χ2v) is 4.35. The number of nitrogens with one attached hydrogen (secondary N) is 1. The van der Waals surface area contributed by atoms with Crippen molar-refractivity contribution in [3.8, 4) is 0 Å². The molecule has 0 unspecified atom stereocenters. The van der Waals surface area contributed by atoms with E-state index < -0.39 is 0 Å². The molecule has 5 heteroatoms. The van der Waals surface area contributed by atoms with Crippen molar-refractivity contribution in [2.24, 2.45) is 5.92 Å². The Morgan fingerprint density at radius 1 is 1.33 bits per heavy atom. The van der Waals surface area contributed by atoms with E-state index in [1.165, 1.54) is 0 Å². The van der Waals surface area contributed by atoms with Gasteiger partial charge < -0.3 is 10.2 Å². The van der Waals surface area contributed by atoms with Crippen molar-refractivity contribution < 1.29 is 0 Å². The van der Waals surface area contributed by atoms with Crippen molar-refractivity contribution >= 4 is 5.95 Å². The van der Waals surface area contributed by atoms with Crippen LogP contribution >= 0.6 is 0 Å². The van der Waals surface area contributed by atoms with Crippen LogP contribution in [0.15, 0.2) is 0 Å². The van der Waals surface area contributed by atoms with Crippen molar-refractivity contribution in [3.05, 3.63) is 5.82 Å². The summed E-state index contributed by atoms with van der Waals surface area (Å²) in [7, 11) is 5.90. The highest BCUT2D eigenvalue weighted by atomic mass is 15.4. The van der Waals surface area contributed by atoms with Crippen molar-refractivity contribution in [1.82, 2.24) is 20.1 Å².